The Morgan fingerprint density at radius 1 is 0.906 bits per heavy atom. The van der Waals surface area contributed by atoms with E-state index in [0.29, 0.717) is 6.04 Å². The minimum absolute atomic E-state index is 0. The molecule has 2 aliphatic carbocycles. The minimum Gasteiger partial charge on any atom is -0.375 e. The number of allylic oxidation sites excluding steroid dienone is 3. The molecule has 0 radical (unpaired) electrons. The third-order valence-electron chi connectivity index (χ3n) is 5.15. The Hall–Kier alpha value is -1.04. The molecule has 0 heterocycles. The van der Waals surface area contributed by atoms with Crippen LogP contribution in [0.4, 0.5) is 0 Å². The molecule has 32 heavy (non-hydrogen) atoms. The molecule has 2 nitrogen and oxygen atoms in total. The molecular weight excluding hydrogens is 474 g/mol. The van der Waals surface area contributed by atoms with Crippen LogP contribution in [0.15, 0.2) is 24.3 Å². The fourth-order valence-corrected chi connectivity index (χ4v) is 7.70. The molecule has 0 amide bonds. The Morgan fingerprint density at radius 3 is 1.97 bits per heavy atom. The monoisotopic (exact) mass is 513 g/mol. The molecule has 1 aromatic rings. The van der Waals surface area contributed by atoms with Crippen LogP contribution in [0.3, 0.4) is 0 Å². The van der Waals surface area contributed by atoms with Crippen molar-refractivity contribution < 1.29 is 26.2 Å². The van der Waals surface area contributed by atoms with Gasteiger partial charge in [-0.1, -0.05) is 69.7 Å². The molecule has 0 N–H and O–H groups in total. The molecule has 0 aliphatic heterocycles. The second-order valence-corrected chi connectivity index (χ2v) is 22.8. The largest absolute Gasteiger partial charge is 0.399 e. The molecular formula is C26H39NOSi3Ti. The molecule has 0 aromatic heterocycles. The number of fused-ring (bicyclic) bond motifs is 2. The van der Waals surface area contributed by atoms with Crippen LogP contribution in [0.5, 0.6) is 0 Å². The van der Waals surface area contributed by atoms with Gasteiger partial charge in [-0.2, -0.15) is 0 Å². The maximum atomic E-state index is 12.6. The predicted molar refractivity (Wildman–Crippen MR) is 145 cm³/mol. The van der Waals surface area contributed by atoms with Gasteiger partial charge in [-0.3, -0.25) is 0 Å². The first kappa shape index (κ1) is 29.0. The Kier molecular flexibility index (Phi) is 9.90. The second kappa shape index (κ2) is 10.9. The van der Waals surface area contributed by atoms with E-state index in [1.807, 2.05) is 11.6 Å². The molecule has 0 bridgehead atoms. The van der Waals surface area contributed by atoms with E-state index in [4.69, 9.17) is 0 Å². The van der Waals surface area contributed by atoms with Crippen molar-refractivity contribution in [1.29, 1.82) is 0 Å². The van der Waals surface area contributed by atoms with E-state index in [0.717, 1.165) is 0 Å². The van der Waals surface area contributed by atoms with Crippen LogP contribution in [-0.2, 0) is 26.2 Å². The number of benzene rings is 1. The van der Waals surface area contributed by atoms with Crippen molar-refractivity contribution in [2.75, 3.05) is 7.05 Å². The number of hydrogen-bond donors (Lipinski definition) is 0. The minimum atomic E-state index is -1.79. The molecule has 0 atom stereocenters. The standard InChI is InChI=1S/C18H21NOSi.C8H18Si2.Ti/c1-18(2,3)19(4)21(20)12-16-9-8-15-10-13-6-5-7-14(13)11-17(15)16;1-9(2,3)7-8-10(4,5)6;/h5-11H,12H2,1-4H3;1-6H3;. The van der Waals surface area contributed by atoms with Crippen molar-refractivity contribution in [1.82, 2.24) is 4.57 Å². The second-order valence-electron chi connectivity index (χ2n) is 11.5. The summed E-state index contributed by atoms with van der Waals surface area (Å²) >= 11 is 0. The molecule has 0 spiro atoms. The number of rotatable bonds is 3. The Balaban J connectivity index is 0.000000400. The molecule has 170 valence electrons. The summed E-state index contributed by atoms with van der Waals surface area (Å²) in [7, 11) is -2.02. The third-order valence-corrected chi connectivity index (χ3v) is 9.25. The van der Waals surface area contributed by atoms with Gasteiger partial charge in [-0.25, -0.2) is 0 Å². The van der Waals surface area contributed by atoms with Gasteiger partial charge in [-0.15, -0.1) is 11.1 Å². The van der Waals surface area contributed by atoms with Crippen molar-refractivity contribution in [3.8, 4) is 11.1 Å². The average Bonchev–Trinajstić information content (AvgIpc) is 3.22. The first-order chi connectivity index (χ1) is 14.1. The van der Waals surface area contributed by atoms with Gasteiger partial charge in [0.1, 0.15) is 16.1 Å². The topological polar surface area (TPSA) is 20.3 Å². The van der Waals surface area contributed by atoms with Crippen molar-refractivity contribution >= 4 is 48.8 Å². The summed E-state index contributed by atoms with van der Waals surface area (Å²) in [5.74, 6) is 0. The Bertz CT molecular complexity index is 1080. The predicted octanol–water partition coefficient (Wildman–Crippen LogP) is 5.06. The van der Waals surface area contributed by atoms with Gasteiger partial charge in [0, 0.05) is 40.3 Å². The fraction of sp³-hybridized carbons (Fsp3) is 0.462. The first-order valence-corrected chi connectivity index (χ1v) is 19.7. The zero-order chi connectivity index (χ0) is 23.6. The van der Waals surface area contributed by atoms with Crippen LogP contribution in [0.2, 0.25) is 45.3 Å². The van der Waals surface area contributed by atoms with E-state index in [-0.39, 0.29) is 27.3 Å². The van der Waals surface area contributed by atoms with Gasteiger partial charge in [-0.05, 0) is 60.0 Å². The van der Waals surface area contributed by atoms with Crippen LogP contribution in [-0.4, -0.2) is 42.1 Å². The average molecular weight is 514 g/mol. The zero-order valence-corrected chi connectivity index (χ0v) is 26.2. The SMILES string of the molecule is CN([Si](=O)CC1=CC=c2cc3c(cc21)=CC=C3)C(C)(C)C.C[Si](C)(C)C#C[Si](C)(C)C.[Ti]. The van der Waals surface area contributed by atoms with Crippen molar-refractivity contribution in [3.05, 3.63) is 45.8 Å². The fourth-order valence-electron chi connectivity index (χ4n) is 3.08. The van der Waals surface area contributed by atoms with Gasteiger partial charge in [0.25, 0.3) is 0 Å². The summed E-state index contributed by atoms with van der Waals surface area (Å²) in [6.45, 7) is 20.1. The molecule has 0 saturated carbocycles. The van der Waals surface area contributed by atoms with Gasteiger partial charge >= 0.3 is 8.84 Å². The first-order valence-electron chi connectivity index (χ1n) is 11.1. The quantitative estimate of drug-likeness (QED) is 0.416. The summed E-state index contributed by atoms with van der Waals surface area (Å²) in [6, 6.07) is 5.10. The van der Waals surface area contributed by atoms with Crippen LogP contribution < -0.4 is 10.4 Å². The Morgan fingerprint density at radius 2 is 1.47 bits per heavy atom. The van der Waals surface area contributed by atoms with E-state index in [1.165, 1.54) is 27.1 Å². The van der Waals surface area contributed by atoms with E-state index in [2.05, 4.69) is 114 Å². The maximum Gasteiger partial charge on any atom is 0.399 e. The smallest absolute Gasteiger partial charge is 0.375 e. The van der Waals surface area contributed by atoms with Gasteiger partial charge in [0.15, 0.2) is 0 Å². The molecule has 6 heteroatoms. The van der Waals surface area contributed by atoms with E-state index in [1.54, 1.807) is 0 Å². The van der Waals surface area contributed by atoms with Gasteiger partial charge < -0.3 is 9.03 Å². The Labute approximate surface area is 214 Å². The molecule has 0 unspecified atom stereocenters. The normalized spacial score (nSPS) is 13.6. The van der Waals surface area contributed by atoms with Crippen molar-refractivity contribution in [3.63, 3.8) is 0 Å². The molecule has 1 aromatic carbocycles. The molecule has 3 rings (SSSR count). The number of hydrogen-bond acceptors (Lipinski definition) is 1. The zero-order valence-electron chi connectivity index (χ0n) is 21.6. The summed E-state index contributed by atoms with van der Waals surface area (Å²) in [6.07, 6.45) is 10.6. The summed E-state index contributed by atoms with van der Waals surface area (Å²) < 4.78 is 14.6. The van der Waals surface area contributed by atoms with Crippen molar-refractivity contribution in [2.24, 2.45) is 0 Å². The van der Waals surface area contributed by atoms with Crippen LogP contribution in [0, 0.1) is 11.1 Å². The van der Waals surface area contributed by atoms with Crippen LogP contribution in [0.1, 0.15) is 31.9 Å². The third kappa shape index (κ3) is 8.72. The summed E-state index contributed by atoms with van der Waals surface area (Å²) in [5, 5.41) is 2.51. The molecule has 0 fully saturated rings. The van der Waals surface area contributed by atoms with E-state index < -0.39 is 25.0 Å². The van der Waals surface area contributed by atoms with Gasteiger partial charge in [0.2, 0.25) is 0 Å². The van der Waals surface area contributed by atoms with Gasteiger partial charge in [0.05, 0.1) is 0 Å². The summed E-state index contributed by atoms with van der Waals surface area (Å²) in [5.41, 5.74) is 10.5. The summed E-state index contributed by atoms with van der Waals surface area (Å²) in [4.78, 5) is 0. The van der Waals surface area contributed by atoms with E-state index >= 15 is 0 Å². The van der Waals surface area contributed by atoms with E-state index in [9.17, 15) is 4.46 Å². The number of nitrogens with zero attached hydrogens (tertiary/aromatic N) is 1. The molecule has 2 aliphatic rings. The van der Waals surface area contributed by atoms with Crippen LogP contribution >= 0.6 is 0 Å². The molecule has 0 saturated heterocycles. The van der Waals surface area contributed by atoms with Crippen molar-refractivity contribution in [2.45, 2.75) is 71.6 Å². The maximum absolute atomic E-state index is 12.6. The van der Waals surface area contributed by atoms with Crippen LogP contribution in [0.25, 0.3) is 23.8 Å².